The van der Waals surface area contributed by atoms with Crippen molar-refractivity contribution in [3.8, 4) is 5.75 Å². The van der Waals surface area contributed by atoms with Crippen molar-refractivity contribution in [1.29, 1.82) is 0 Å². The molecule has 0 amide bonds. The smallest absolute Gasteiger partial charge is 0.120 e. The van der Waals surface area contributed by atoms with Crippen LogP contribution in [0.5, 0.6) is 5.75 Å². The van der Waals surface area contributed by atoms with Gasteiger partial charge in [-0.3, -0.25) is 4.90 Å². The molecule has 22 heavy (non-hydrogen) atoms. The number of piperazine rings is 1. The third kappa shape index (κ3) is 4.14. The molecule has 1 atom stereocenters. The summed E-state index contributed by atoms with van der Waals surface area (Å²) in [6.45, 7) is 8.30. The van der Waals surface area contributed by atoms with Gasteiger partial charge in [-0.05, 0) is 56.9 Å². The van der Waals surface area contributed by atoms with Crippen molar-refractivity contribution in [3.63, 3.8) is 0 Å². The van der Waals surface area contributed by atoms with Gasteiger partial charge in [0, 0.05) is 37.9 Å². The van der Waals surface area contributed by atoms with Gasteiger partial charge in [0.2, 0.25) is 0 Å². The summed E-state index contributed by atoms with van der Waals surface area (Å²) < 4.78 is 5.33. The first-order valence-electron chi connectivity index (χ1n) is 8.67. The molecule has 0 spiro atoms. The lowest BCUT2D eigenvalue weighted by atomic mass is 9.96. The number of hydrogen-bond donors (Lipinski definition) is 1. The molecule has 2 aliphatic heterocycles. The summed E-state index contributed by atoms with van der Waals surface area (Å²) in [5, 5.41) is 3.52. The van der Waals surface area contributed by atoms with Crippen LogP contribution in [0.4, 0.5) is 5.69 Å². The van der Waals surface area contributed by atoms with Gasteiger partial charge in [0.25, 0.3) is 0 Å². The minimum atomic E-state index is 0.894. The molecule has 122 valence electrons. The number of benzene rings is 1. The highest BCUT2D eigenvalue weighted by Crippen LogP contribution is 2.22. The van der Waals surface area contributed by atoms with Crippen molar-refractivity contribution in [3.05, 3.63) is 24.3 Å². The highest BCUT2D eigenvalue weighted by Gasteiger charge is 2.19. The summed E-state index contributed by atoms with van der Waals surface area (Å²) in [5.74, 6) is 1.84. The van der Waals surface area contributed by atoms with E-state index < -0.39 is 0 Å². The van der Waals surface area contributed by atoms with Gasteiger partial charge in [-0.15, -0.1) is 0 Å². The summed E-state index contributed by atoms with van der Waals surface area (Å²) in [5.41, 5.74) is 1.29. The Kier molecular flexibility index (Phi) is 5.57. The Balaban J connectivity index is 1.43. The third-order valence-electron chi connectivity index (χ3n) is 5.04. The van der Waals surface area contributed by atoms with E-state index in [1.165, 1.54) is 57.7 Å². The molecule has 2 saturated heterocycles. The summed E-state index contributed by atoms with van der Waals surface area (Å²) in [6.07, 6.45) is 4.12. The fourth-order valence-electron chi connectivity index (χ4n) is 3.57. The fourth-order valence-corrected chi connectivity index (χ4v) is 3.57. The van der Waals surface area contributed by atoms with Crippen LogP contribution >= 0.6 is 0 Å². The third-order valence-corrected chi connectivity index (χ3v) is 5.04. The van der Waals surface area contributed by atoms with Crippen LogP contribution in [0.25, 0.3) is 0 Å². The summed E-state index contributed by atoms with van der Waals surface area (Å²) in [4.78, 5) is 5.10. The van der Waals surface area contributed by atoms with Gasteiger partial charge in [0.1, 0.15) is 5.75 Å². The Labute approximate surface area is 134 Å². The molecule has 2 fully saturated rings. The molecule has 0 bridgehead atoms. The molecule has 1 aromatic rings. The second kappa shape index (κ2) is 7.84. The van der Waals surface area contributed by atoms with Gasteiger partial charge in [0.05, 0.1) is 7.11 Å². The molecule has 0 aromatic heterocycles. The molecule has 0 saturated carbocycles. The molecule has 2 aliphatic rings. The minimum Gasteiger partial charge on any atom is -0.497 e. The summed E-state index contributed by atoms with van der Waals surface area (Å²) in [6, 6.07) is 8.42. The SMILES string of the molecule is COc1cccc(N2CCN(CCC3CCCNC3)CC2)c1. The number of methoxy groups -OCH3 is 1. The Morgan fingerprint density at radius 1 is 1.23 bits per heavy atom. The second-order valence-corrected chi connectivity index (χ2v) is 6.53. The molecule has 4 heteroatoms. The van der Waals surface area contributed by atoms with E-state index in [-0.39, 0.29) is 0 Å². The van der Waals surface area contributed by atoms with Crippen molar-refractivity contribution in [2.45, 2.75) is 19.3 Å². The summed E-state index contributed by atoms with van der Waals surface area (Å²) >= 11 is 0. The lowest BCUT2D eigenvalue weighted by Crippen LogP contribution is -2.47. The van der Waals surface area contributed by atoms with Crippen LogP contribution < -0.4 is 15.0 Å². The van der Waals surface area contributed by atoms with E-state index in [1.807, 2.05) is 6.07 Å². The van der Waals surface area contributed by atoms with Crippen molar-refractivity contribution < 1.29 is 4.74 Å². The predicted molar refractivity (Wildman–Crippen MR) is 91.9 cm³/mol. The van der Waals surface area contributed by atoms with Crippen molar-refractivity contribution in [2.75, 3.05) is 57.8 Å². The van der Waals surface area contributed by atoms with E-state index in [2.05, 4.69) is 33.3 Å². The minimum absolute atomic E-state index is 0.894. The van der Waals surface area contributed by atoms with Crippen LogP contribution in [-0.4, -0.2) is 57.8 Å². The molecule has 0 aliphatic carbocycles. The van der Waals surface area contributed by atoms with Gasteiger partial charge in [-0.25, -0.2) is 0 Å². The van der Waals surface area contributed by atoms with Crippen LogP contribution in [0.2, 0.25) is 0 Å². The lowest BCUT2D eigenvalue weighted by molar-refractivity contribution is 0.226. The number of hydrogen-bond acceptors (Lipinski definition) is 4. The maximum absolute atomic E-state index is 5.33. The lowest BCUT2D eigenvalue weighted by Gasteiger charge is -2.37. The zero-order chi connectivity index (χ0) is 15.2. The average molecular weight is 303 g/mol. The fraction of sp³-hybridized carbons (Fsp3) is 0.667. The maximum atomic E-state index is 5.33. The summed E-state index contributed by atoms with van der Waals surface area (Å²) in [7, 11) is 1.73. The van der Waals surface area contributed by atoms with Crippen molar-refractivity contribution in [2.24, 2.45) is 5.92 Å². The van der Waals surface area contributed by atoms with E-state index in [9.17, 15) is 0 Å². The molecule has 1 aromatic carbocycles. The molecule has 2 heterocycles. The van der Waals surface area contributed by atoms with E-state index in [1.54, 1.807) is 7.11 Å². The average Bonchev–Trinajstić information content (AvgIpc) is 2.61. The normalized spacial score (nSPS) is 23.5. The second-order valence-electron chi connectivity index (χ2n) is 6.53. The number of nitrogens with one attached hydrogen (secondary N) is 1. The van der Waals surface area contributed by atoms with Gasteiger partial charge in [0.15, 0.2) is 0 Å². The number of anilines is 1. The van der Waals surface area contributed by atoms with Gasteiger partial charge in [-0.1, -0.05) is 6.07 Å². The van der Waals surface area contributed by atoms with E-state index in [0.29, 0.717) is 0 Å². The van der Waals surface area contributed by atoms with E-state index in [0.717, 1.165) is 24.8 Å². The first-order chi connectivity index (χ1) is 10.8. The molecule has 3 rings (SSSR count). The zero-order valence-electron chi connectivity index (χ0n) is 13.8. The molecule has 1 N–H and O–H groups in total. The number of rotatable bonds is 5. The molecule has 0 radical (unpaired) electrons. The first kappa shape index (κ1) is 15.6. The Morgan fingerprint density at radius 2 is 2.09 bits per heavy atom. The van der Waals surface area contributed by atoms with E-state index in [4.69, 9.17) is 4.74 Å². The number of nitrogens with zero attached hydrogens (tertiary/aromatic N) is 2. The Hall–Kier alpha value is -1.26. The molecular weight excluding hydrogens is 274 g/mol. The van der Waals surface area contributed by atoms with Crippen LogP contribution in [0.1, 0.15) is 19.3 Å². The van der Waals surface area contributed by atoms with E-state index >= 15 is 0 Å². The van der Waals surface area contributed by atoms with Gasteiger partial charge < -0.3 is 15.0 Å². The topological polar surface area (TPSA) is 27.7 Å². The largest absolute Gasteiger partial charge is 0.497 e. The number of ether oxygens (including phenoxy) is 1. The zero-order valence-corrected chi connectivity index (χ0v) is 13.8. The van der Waals surface area contributed by atoms with Crippen LogP contribution in [-0.2, 0) is 0 Å². The molecular formula is C18H29N3O. The Morgan fingerprint density at radius 3 is 2.82 bits per heavy atom. The standard InChI is InChI=1S/C18H29N3O/c1-22-18-6-2-5-17(14-18)21-12-10-20(11-13-21)9-7-16-4-3-8-19-15-16/h2,5-6,14,16,19H,3-4,7-13,15H2,1H3. The monoisotopic (exact) mass is 303 g/mol. The van der Waals surface area contributed by atoms with Crippen molar-refractivity contribution >= 4 is 5.69 Å². The molecule has 1 unspecified atom stereocenters. The Bertz CT molecular complexity index is 451. The molecule has 4 nitrogen and oxygen atoms in total. The van der Waals surface area contributed by atoms with Crippen molar-refractivity contribution in [1.82, 2.24) is 10.2 Å². The first-order valence-corrected chi connectivity index (χ1v) is 8.67. The number of piperidine rings is 1. The van der Waals surface area contributed by atoms with Crippen LogP contribution in [0, 0.1) is 5.92 Å². The van der Waals surface area contributed by atoms with Crippen LogP contribution in [0.3, 0.4) is 0 Å². The highest BCUT2D eigenvalue weighted by atomic mass is 16.5. The van der Waals surface area contributed by atoms with Crippen LogP contribution in [0.15, 0.2) is 24.3 Å². The highest BCUT2D eigenvalue weighted by molar-refractivity contribution is 5.51. The predicted octanol–water partition coefficient (Wildman–Crippen LogP) is 2.21. The van der Waals surface area contributed by atoms with Gasteiger partial charge in [-0.2, -0.15) is 0 Å². The quantitative estimate of drug-likeness (QED) is 0.902. The van der Waals surface area contributed by atoms with Gasteiger partial charge >= 0.3 is 0 Å². The maximum Gasteiger partial charge on any atom is 0.120 e.